The first kappa shape index (κ1) is 16.1. The Labute approximate surface area is 127 Å². The Bertz CT molecular complexity index is 460. The van der Waals surface area contributed by atoms with Crippen LogP contribution in [-0.2, 0) is 6.54 Å². The largest absolute Gasteiger partial charge is 0.493 e. The van der Waals surface area contributed by atoms with Crippen molar-refractivity contribution in [3.8, 4) is 11.5 Å². The van der Waals surface area contributed by atoms with Crippen LogP contribution in [0.25, 0.3) is 0 Å². The van der Waals surface area contributed by atoms with E-state index >= 15 is 0 Å². The van der Waals surface area contributed by atoms with Crippen LogP contribution in [0.2, 0.25) is 0 Å². The molecule has 1 aromatic rings. The molecule has 0 saturated carbocycles. The van der Waals surface area contributed by atoms with E-state index in [0.717, 1.165) is 31.0 Å². The molecule has 0 spiro atoms. The predicted octanol–water partition coefficient (Wildman–Crippen LogP) is 2.75. The van der Waals surface area contributed by atoms with Gasteiger partial charge in [-0.1, -0.05) is 6.42 Å². The Morgan fingerprint density at radius 3 is 2.57 bits per heavy atom. The molecule has 1 saturated heterocycles. The smallest absolute Gasteiger partial charge is 0.161 e. The summed E-state index contributed by atoms with van der Waals surface area (Å²) in [5, 5.41) is 9.24. The Kier molecular flexibility index (Phi) is 5.88. The molecule has 1 aromatic carbocycles. The number of piperidine rings is 1. The summed E-state index contributed by atoms with van der Waals surface area (Å²) in [5.41, 5.74) is 2.50. The molecule has 21 heavy (non-hydrogen) atoms. The van der Waals surface area contributed by atoms with Gasteiger partial charge in [0.05, 0.1) is 14.2 Å². The van der Waals surface area contributed by atoms with Crippen LogP contribution in [0.5, 0.6) is 11.5 Å². The van der Waals surface area contributed by atoms with Crippen LogP contribution >= 0.6 is 0 Å². The Balaban J connectivity index is 2.17. The van der Waals surface area contributed by atoms with Gasteiger partial charge in [-0.25, -0.2) is 0 Å². The van der Waals surface area contributed by atoms with E-state index in [9.17, 15) is 5.11 Å². The Morgan fingerprint density at radius 1 is 1.19 bits per heavy atom. The van der Waals surface area contributed by atoms with E-state index in [2.05, 4.69) is 17.9 Å². The molecule has 4 nitrogen and oxygen atoms in total. The first-order chi connectivity index (χ1) is 10.2. The second-order valence-electron chi connectivity index (χ2n) is 5.77. The maximum Gasteiger partial charge on any atom is 0.161 e. The van der Waals surface area contributed by atoms with Crippen LogP contribution in [0.4, 0.5) is 0 Å². The average molecular weight is 293 g/mol. The monoisotopic (exact) mass is 293 g/mol. The van der Waals surface area contributed by atoms with Gasteiger partial charge in [0, 0.05) is 19.2 Å². The highest BCUT2D eigenvalue weighted by atomic mass is 16.5. The van der Waals surface area contributed by atoms with Gasteiger partial charge < -0.3 is 14.6 Å². The molecule has 4 heteroatoms. The number of likely N-dealkylation sites (tertiary alicyclic amines) is 1. The molecule has 1 heterocycles. The van der Waals surface area contributed by atoms with Crippen molar-refractivity contribution < 1.29 is 14.6 Å². The summed E-state index contributed by atoms with van der Waals surface area (Å²) >= 11 is 0. The predicted molar refractivity (Wildman–Crippen MR) is 84.0 cm³/mol. The van der Waals surface area contributed by atoms with E-state index < -0.39 is 0 Å². The third-order valence-electron chi connectivity index (χ3n) is 4.43. The lowest BCUT2D eigenvalue weighted by Gasteiger charge is -2.36. The quantitative estimate of drug-likeness (QED) is 0.875. The number of aliphatic hydroxyl groups excluding tert-OH is 1. The highest BCUT2D eigenvalue weighted by Gasteiger charge is 2.22. The lowest BCUT2D eigenvalue weighted by Crippen LogP contribution is -2.39. The number of benzene rings is 1. The number of hydrogen-bond acceptors (Lipinski definition) is 4. The fourth-order valence-electron chi connectivity index (χ4n) is 3.16. The van der Waals surface area contributed by atoms with E-state index in [4.69, 9.17) is 9.47 Å². The maximum atomic E-state index is 9.24. The van der Waals surface area contributed by atoms with Crippen molar-refractivity contribution in [2.75, 3.05) is 27.4 Å². The lowest BCUT2D eigenvalue weighted by molar-refractivity contribution is 0.112. The van der Waals surface area contributed by atoms with Crippen LogP contribution in [0.15, 0.2) is 12.1 Å². The molecule has 1 aliphatic heterocycles. The number of nitrogens with zero attached hydrogens (tertiary/aromatic N) is 1. The number of aliphatic hydroxyl groups is 1. The first-order valence-electron chi connectivity index (χ1n) is 7.76. The molecule has 1 unspecified atom stereocenters. The molecule has 2 rings (SSSR count). The second kappa shape index (κ2) is 7.66. The van der Waals surface area contributed by atoms with E-state index in [1.165, 1.54) is 30.4 Å². The summed E-state index contributed by atoms with van der Waals surface area (Å²) in [6.45, 7) is 4.41. The number of rotatable bonds is 6. The summed E-state index contributed by atoms with van der Waals surface area (Å²) in [5.74, 6) is 1.57. The van der Waals surface area contributed by atoms with Gasteiger partial charge in [0.25, 0.3) is 0 Å². The van der Waals surface area contributed by atoms with Crippen molar-refractivity contribution in [1.29, 1.82) is 0 Å². The molecule has 1 fully saturated rings. The maximum absolute atomic E-state index is 9.24. The third-order valence-corrected chi connectivity index (χ3v) is 4.43. The minimum absolute atomic E-state index is 0.270. The zero-order chi connectivity index (χ0) is 15.2. The molecule has 0 amide bonds. The van der Waals surface area contributed by atoms with E-state index in [1.54, 1.807) is 14.2 Å². The van der Waals surface area contributed by atoms with Crippen molar-refractivity contribution in [3.05, 3.63) is 23.3 Å². The standard InChI is InChI=1S/C17H27NO3/c1-13-10-16(20-2)17(21-3)11-14(13)12-18-8-5-4-6-15(18)7-9-19/h10-11,15,19H,4-9,12H2,1-3H3. The summed E-state index contributed by atoms with van der Waals surface area (Å²) in [6.07, 6.45) is 4.57. The minimum Gasteiger partial charge on any atom is -0.493 e. The van der Waals surface area contributed by atoms with Gasteiger partial charge >= 0.3 is 0 Å². The number of aryl methyl sites for hydroxylation is 1. The van der Waals surface area contributed by atoms with Crippen LogP contribution < -0.4 is 9.47 Å². The molecule has 0 radical (unpaired) electrons. The highest BCUT2D eigenvalue weighted by molar-refractivity contribution is 5.47. The fraction of sp³-hybridized carbons (Fsp3) is 0.647. The Morgan fingerprint density at radius 2 is 1.90 bits per heavy atom. The van der Waals surface area contributed by atoms with Gasteiger partial charge in [0.1, 0.15) is 0 Å². The Hall–Kier alpha value is -1.26. The van der Waals surface area contributed by atoms with Gasteiger partial charge in [-0.15, -0.1) is 0 Å². The summed E-state index contributed by atoms with van der Waals surface area (Å²) in [7, 11) is 3.34. The second-order valence-corrected chi connectivity index (χ2v) is 5.77. The number of ether oxygens (including phenoxy) is 2. The zero-order valence-electron chi connectivity index (χ0n) is 13.4. The van der Waals surface area contributed by atoms with Gasteiger partial charge in [0.15, 0.2) is 11.5 Å². The SMILES string of the molecule is COc1cc(C)c(CN2CCCCC2CCO)cc1OC. The zero-order valence-corrected chi connectivity index (χ0v) is 13.4. The lowest BCUT2D eigenvalue weighted by atomic mass is 9.98. The van der Waals surface area contributed by atoms with Crippen molar-refractivity contribution in [2.24, 2.45) is 0 Å². The van der Waals surface area contributed by atoms with Crippen LogP contribution in [-0.4, -0.2) is 43.4 Å². The summed E-state index contributed by atoms with van der Waals surface area (Å²) in [4.78, 5) is 2.49. The molecule has 0 bridgehead atoms. The molecular formula is C17H27NO3. The average Bonchev–Trinajstić information content (AvgIpc) is 2.51. The minimum atomic E-state index is 0.270. The normalized spacial score (nSPS) is 19.5. The van der Waals surface area contributed by atoms with E-state index in [-0.39, 0.29) is 6.61 Å². The van der Waals surface area contributed by atoms with Crippen molar-refractivity contribution in [2.45, 2.75) is 45.2 Å². The van der Waals surface area contributed by atoms with Gasteiger partial charge in [-0.2, -0.15) is 0 Å². The summed E-state index contributed by atoms with van der Waals surface area (Å²) in [6, 6.07) is 4.62. The highest BCUT2D eigenvalue weighted by Crippen LogP contribution is 2.32. The molecular weight excluding hydrogens is 266 g/mol. The van der Waals surface area contributed by atoms with Crippen molar-refractivity contribution in [3.63, 3.8) is 0 Å². The van der Waals surface area contributed by atoms with Gasteiger partial charge in [-0.05, 0) is 56.0 Å². The van der Waals surface area contributed by atoms with Crippen LogP contribution in [0.1, 0.15) is 36.8 Å². The molecule has 0 aliphatic carbocycles. The molecule has 1 aliphatic rings. The molecule has 1 atom stereocenters. The number of methoxy groups -OCH3 is 2. The van der Waals surface area contributed by atoms with Crippen LogP contribution in [0.3, 0.4) is 0 Å². The number of hydrogen-bond donors (Lipinski definition) is 1. The third kappa shape index (κ3) is 3.89. The van der Waals surface area contributed by atoms with Gasteiger partial charge in [-0.3, -0.25) is 4.90 Å². The van der Waals surface area contributed by atoms with Crippen molar-refractivity contribution >= 4 is 0 Å². The van der Waals surface area contributed by atoms with Crippen LogP contribution in [0, 0.1) is 6.92 Å². The first-order valence-corrected chi connectivity index (χ1v) is 7.76. The summed E-state index contributed by atoms with van der Waals surface area (Å²) < 4.78 is 10.8. The molecule has 118 valence electrons. The van der Waals surface area contributed by atoms with Crippen molar-refractivity contribution in [1.82, 2.24) is 4.90 Å². The topological polar surface area (TPSA) is 41.9 Å². The molecule has 0 aromatic heterocycles. The molecule has 1 N–H and O–H groups in total. The van der Waals surface area contributed by atoms with E-state index in [1.807, 2.05) is 6.07 Å². The fourth-order valence-corrected chi connectivity index (χ4v) is 3.16. The van der Waals surface area contributed by atoms with E-state index in [0.29, 0.717) is 6.04 Å². The van der Waals surface area contributed by atoms with Gasteiger partial charge in [0.2, 0.25) is 0 Å².